The number of carbonyl (C=O) groups excluding carboxylic acids is 1. The minimum Gasteiger partial charge on any atom is -0.348 e. The SMILES string of the molecule is CCc1cccc(-n2nnc(C(=O)NC3CC3)c2-c2ccncc2)c1. The summed E-state index contributed by atoms with van der Waals surface area (Å²) in [5.74, 6) is -0.174. The van der Waals surface area contributed by atoms with Crippen LogP contribution in [0.4, 0.5) is 0 Å². The number of hydrogen-bond donors (Lipinski definition) is 1. The summed E-state index contributed by atoms with van der Waals surface area (Å²) >= 11 is 0. The molecular weight excluding hydrogens is 314 g/mol. The van der Waals surface area contributed by atoms with Gasteiger partial charge in [-0.1, -0.05) is 24.3 Å². The summed E-state index contributed by atoms with van der Waals surface area (Å²) in [6.45, 7) is 2.11. The van der Waals surface area contributed by atoms with E-state index in [2.05, 4.69) is 39.7 Å². The van der Waals surface area contributed by atoms with Crippen molar-refractivity contribution in [1.82, 2.24) is 25.3 Å². The van der Waals surface area contributed by atoms with E-state index in [4.69, 9.17) is 0 Å². The molecular formula is C19H19N5O. The van der Waals surface area contributed by atoms with E-state index in [0.717, 1.165) is 30.5 Å². The Kier molecular flexibility index (Phi) is 4.01. The fourth-order valence-corrected chi connectivity index (χ4v) is 2.77. The third-order valence-corrected chi connectivity index (χ3v) is 4.32. The summed E-state index contributed by atoms with van der Waals surface area (Å²) in [7, 11) is 0. The molecule has 25 heavy (non-hydrogen) atoms. The Morgan fingerprint density at radius 1 is 1.24 bits per heavy atom. The average Bonchev–Trinajstić information content (AvgIpc) is 3.36. The van der Waals surface area contributed by atoms with Crippen LogP contribution in [0.1, 0.15) is 35.8 Å². The maximum atomic E-state index is 12.6. The van der Waals surface area contributed by atoms with Crippen LogP contribution in [-0.4, -0.2) is 31.9 Å². The average molecular weight is 333 g/mol. The van der Waals surface area contributed by atoms with Crippen molar-refractivity contribution in [3.05, 3.63) is 60.0 Å². The number of pyridine rings is 1. The highest BCUT2D eigenvalue weighted by Crippen LogP contribution is 2.26. The second-order valence-electron chi connectivity index (χ2n) is 6.21. The molecule has 6 nitrogen and oxygen atoms in total. The van der Waals surface area contributed by atoms with Gasteiger partial charge in [-0.3, -0.25) is 9.78 Å². The molecule has 2 aromatic heterocycles. The zero-order valence-electron chi connectivity index (χ0n) is 14.0. The fraction of sp³-hybridized carbons (Fsp3) is 0.263. The second-order valence-corrected chi connectivity index (χ2v) is 6.21. The molecule has 1 fully saturated rings. The first-order valence-corrected chi connectivity index (χ1v) is 8.52. The number of rotatable bonds is 5. The van der Waals surface area contributed by atoms with Gasteiger partial charge in [-0.15, -0.1) is 5.10 Å². The van der Waals surface area contributed by atoms with E-state index in [1.807, 2.05) is 24.3 Å². The van der Waals surface area contributed by atoms with Gasteiger partial charge in [-0.05, 0) is 49.1 Å². The van der Waals surface area contributed by atoms with Crippen molar-refractivity contribution >= 4 is 5.91 Å². The van der Waals surface area contributed by atoms with Gasteiger partial charge < -0.3 is 5.32 Å². The van der Waals surface area contributed by atoms with Crippen LogP contribution in [0.5, 0.6) is 0 Å². The molecule has 126 valence electrons. The molecule has 1 amide bonds. The lowest BCUT2D eigenvalue weighted by atomic mass is 10.1. The van der Waals surface area contributed by atoms with E-state index in [0.29, 0.717) is 11.4 Å². The molecule has 0 saturated heterocycles. The number of carbonyl (C=O) groups is 1. The van der Waals surface area contributed by atoms with Crippen molar-refractivity contribution in [2.24, 2.45) is 0 Å². The summed E-state index contributed by atoms with van der Waals surface area (Å²) in [6.07, 6.45) is 6.41. The normalized spacial score (nSPS) is 13.6. The molecule has 0 bridgehead atoms. The lowest BCUT2D eigenvalue weighted by Gasteiger charge is -2.09. The van der Waals surface area contributed by atoms with Crippen LogP contribution in [0, 0.1) is 0 Å². The minimum absolute atomic E-state index is 0.174. The van der Waals surface area contributed by atoms with E-state index in [1.165, 1.54) is 5.56 Å². The topological polar surface area (TPSA) is 72.7 Å². The van der Waals surface area contributed by atoms with Gasteiger partial charge in [0.2, 0.25) is 0 Å². The molecule has 3 aromatic rings. The Balaban J connectivity index is 1.83. The highest BCUT2D eigenvalue weighted by molar-refractivity contribution is 5.98. The van der Waals surface area contributed by atoms with Crippen LogP contribution in [-0.2, 0) is 6.42 Å². The molecule has 1 saturated carbocycles. The lowest BCUT2D eigenvalue weighted by molar-refractivity contribution is 0.0946. The van der Waals surface area contributed by atoms with Gasteiger partial charge in [0.05, 0.1) is 5.69 Å². The third-order valence-electron chi connectivity index (χ3n) is 4.32. The van der Waals surface area contributed by atoms with E-state index >= 15 is 0 Å². The number of nitrogens with one attached hydrogen (secondary N) is 1. The molecule has 0 spiro atoms. The molecule has 1 aliphatic carbocycles. The smallest absolute Gasteiger partial charge is 0.274 e. The van der Waals surface area contributed by atoms with Crippen molar-refractivity contribution in [2.75, 3.05) is 0 Å². The molecule has 4 rings (SSSR count). The van der Waals surface area contributed by atoms with Crippen molar-refractivity contribution in [3.63, 3.8) is 0 Å². The van der Waals surface area contributed by atoms with E-state index in [1.54, 1.807) is 17.1 Å². The van der Waals surface area contributed by atoms with E-state index < -0.39 is 0 Å². The number of aromatic nitrogens is 4. The first-order valence-electron chi connectivity index (χ1n) is 8.52. The van der Waals surface area contributed by atoms with Gasteiger partial charge in [0.15, 0.2) is 5.69 Å². The zero-order chi connectivity index (χ0) is 17.2. The molecule has 0 unspecified atom stereocenters. The Bertz CT molecular complexity index is 899. The summed E-state index contributed by atoms with van der Waals surface area (Å²) in [4.78, 5) is 16.7. The summed E-state index contributed by atoms with van der Waals surface area (Å²) < 4.78 is 1.73. The van der Waals surface area contributed by atoms with E-state index in [-0.39, 0.29) is 11.9 Å². The molecule has 1 aliphatic rings. The molecule has 6 heteroatoms. The maximum absolute atomic E-state index is 12.6. The predicted octanol–water partition coefficient (Wildman–Crippen LogP) is 2.78. The Hall–Kier alpha value is -3.02. The molecule has 0 atom stereocenters. The highest BCUT2D eigenvalue weighted by Gasteiger charge is 2.28. The van der Waals surface area contributed by atoms with Crippen LogP contribution in [0.3, 0.4) is 0 Å². The number of hydrogen-bond acceptors (Lipinski definition) is 4. The van der Waals surface area contributed by atoms with E-state index in [9.17, 15) is 4.79 Å². The number of nitrogens with zero attached hydrogens (tertiary/aromatic N) is 4. The van der Waals surface area contributed by atoms with Crippen LogP contribution < -0.4 is 5.32 Å². The zero-order valence-corrected chi connectivity index (χ0v) is 14.0. The largest absolute Gasteiger partial charge is 0.348 e. The molecule has 0 aliphatic heterocycles. The lowest BCUT2D eigenvalue weighted by Crippen LogP contribution is -2.26. The summed E-state index contributed by atoms with van der Waals surface area (Å²) in [6, 6.07) is 12.1. The number of amides is 1. The van der Waals surface area contributed by atoms with Gasteiger partial charge in [0, 0.05) is 24.0 Å². The Morgan fingerprint density at radius 2 is 2.04 bits per heavy atom. The van der Waals surface area contributed by atoms with Gasteiger partial charge in [0.25, 0.3) is 5.91 Å². The predicted molar refractivity (Wildman–Crippen MR) is 94.5 cm³/mol. The minimum atomic E-state index is -0.174. The fourth-order valence-electron chi connectivity index (χ4n) is 2.77. The van der Waals surface area contributed by atoms with Crippen molar-refractivity contribution in [3.8, 4) is 16.9 Å². The molecule has 1 N–H and O–H groups in total. The second kappa shape index (κ2) is 6.47. The van der Waals surface area contributed by atoms with Crippen LogP contribution in [0.2, 0.25) is 0 Å². The van der Waals surface area contributed by atoms with Gasteiger partial charge in [-0.2, -0.15) is 0 Å². The van der Waals surface area contributed by atoms with Gasteiger partial charge in [-0.25, -0.2) is 4.68 Å². The summed E-state index contributed by atoms with van der Waals surface area (Å²) in [5, 5.41) is 11.5. The monoisotopic (exact) mass is 333 g/mol. The summed E-state index contributed by atoms with van der Waals surface area (Å²) in [5.41, 5.74) is 4.00. The maximum Gasteiger partial charge on any atom is 0.274 e. The Labute approximate surface area is 145 Å². The Morgan fingerprint density at radius 3 is 2.76 bits per heavy atom. The first kappa shape index (κ1) is 15.5. The quantitative estimate of drug-likeness (QED) is 0.779. The third kappa shape index (κ3) is 3.15. The van der Waals surface area contributed by atoms with Crippen molar-refractivity contribution in [1.29, 1.82) is 0 Å². The van der Waals surface area contributed by atoms with Gasteiger partial charge in [0.1, 0.15) is 5.69 Å². The van der Waals surface area contributed by atoms with Crippen molar-refractivity contribution < 1.29 is 4.79 Å². The van der Waals surface area contributed by atoms with Gasteiger partial charge >= 0.3 is 0 Å². The number of aryl methyl sites for hydroxylation is 1. The number of benzene rings is 1. The molecule has 0 radical (unpaired) electrons. The first-order chi connectivity index (χ1) is 12.3. The van der Waals surface area contributed by atoms with Crippen LogP contribution in [0.25, 0.3) is 16.9 Å². The van der Waals surface area contributed by atoms with Crippen LogP contribution >= 0.6 is 0 Å². The molecule has 2 heterocycles. The molecule has 1 aromatic carbocycles. The highest BCUT2D eigenvalue weighted by atomic mass is 16.2. The standard InChI is InChI=1S/C19H19N5O/c1-2-13-4-3-5-16(12-13)24-18(14-8-10-20-11-9-14)17(22-23-24)19(25)21-15-6-7-15/h3-5,8-12,15H,2,6-7H2,1H3,(H,21,25). The van der Waals surface area contributed by atoms with Crippen LogP contribution in [0.15, 0.2) is 48.8 Å². The van der Waals surface area contributed by atoms with Crippen molar-refractivity contribution in [2.45, 2.75) is 32.2 Å².